The minimum Gasteiger partial charge on any atom is -0.354 e. The number of hydrogen-bond donors (Lipinski definition) is 1. The average molecular weight is 385 g/mol. The third-order valence-corrected chi connectivity index (χ3v) is 6.14. The minimum atomic E-state index is -0.0481. The molecule has 1 amide bonds. The summed E-state index contributed by atoms with van der Waals surface area (Å²) < 4.78 is 0. The van der Waals surface area contributed by atoms with E-state index in [1.165, 1.54) is 18.4 Å². The molecule has 3 rings (SSSR count). The normalized spacial score (nSPS) is 15.6. The first kappa shape index (κ1) is 19.8. The molecule has 4 nitrogen and oxygen atoms in total. The summed E-state index contributed by atoms with van der Waals surface area (Å²) in [5, 5.41) is 3.05. The van der Waals surface area contributed by atoms with Crippen molar-refractivity contribution in [2.75, 3.05) is 19.6 Å². The van der Waals surface area contributed by atoms with Gasteiger partial charge in [-0.05, 0) is 51.4 Å². The number of rotatable bonds is 8. The molecule has 1 aromatic carbocycles. The van der Waals surface area contributed by atoms with E-state index in [4.69, 9.17) is 0 Å². The Morgan fingerprint density at radius 3 is 2.44 bits per heavy atom. The van der Waals surface area contributed by atoms with Crippen molar-refractivity contribution in [3.63, 3.8) is 0 Å². The lowest BCUT2D eigenvalue weighted by atomic mass is 10.0. The number of likely N-dealkylation sites (tertiary alicyclic amines) is 1. The second-order valence-corrected chi connectivity index (χ2v) is 8.68. The molecule has 0 radical (unpaired) electrons. The summed E-state index contributed by atoms with van der Waals surface area (Å²) >= 11 is 1.63. The van der Waals surface area contributed by atoms with Gasteiger partial charge in [-0.1, -0.05) is 30.3 Å². The van der Waals surface area contributed by atoms with E-state index in [9.17, 15) is 9.59 Å². The third kappa shape index (κ3) is 5.27. The van der Waals surface area contributed by atoms with Crippen LogP contribution < -0.4 is 5.32 Å². The van der Waals surface area contributed by atoms with Crippen LogP contribution in [-0.2, 0) is 4.79 Å². The topological polar surface area (TPSA) is 49.4 Å². The maximum absolute atomic E-state index is 12.4. The zero-order chi connectivity index (χ0) is 19.2. The van der Waals surface area contributed by atoms with Crippen molar-refractivity contribution in [1.82, 2.24) is 10.2 Å². The molecule has 144 valence electrons. The SMILES string of the molecule is Cc1cc(C(=O)CCC(=O)NC[C@H](c2ccccc2)N2CCCC2)c(C)s1. The number of thiophene rings is 1. The summed E-state index contributed by atoms with van der Waals surface area (Å²) in [6.45, 7) is 6.71. The molecule has 0 unspecified atom stereocenters. The molecule has 5 heteroatoms. The molecule has 0 saturated carbocycles. The standard InChI is InChI=1S/C22H28N2O2S/c1-16-14-19(17(2)27-16)21(25)10-11-22(26)23-15-20(24-12-6-7-13-24)18-8-4-3-5-9-18/h3-5,8-9,14,20H,6-7,10-13,15H2,1-2H3,(H,23,26)/t20-/m1/s1. The quantitative estimate of drug-likeness (QED) is 0.691. The van der Waals surface area contributed by atoms with E-state index in [1.54, 1.807) is 11.3 Å². The summed E-state index contributed by atoms with van der Waals surface area (Å²) in [5.74, 6) is 0.0132. The van der Waals surface area contributed by atoms with Crippen molar-refractivity contribution in [3.8, 4) is 0 Å². The molecular weight excluding hydrogens is 356 g/mol. The number of benzene rings is 1. The van der Waals surface area contributed by atoms with E-state index in [-0.39, 0.29) is 30.6 Å². The van der Waals surface area contributed by atoms with E-state index in [0.29, 0.717) is 6.54 Å². The fourth-order valence-electron chi connectivity index (χ4n) is 3.75. The van der Waals surface area contributed by atoms with Gasteiger partial charge in [0.15, 0.2) is 5.78 Å². The maximum Gasteiger partial charge on any atom is 0.220 e. The molecule has 1 aliphatic heterocycles. The second kappa shape index (κ2) is 9.29. The molecule has 1 atom stereocenters. The van der Waals surface area contributed by atoms with Crippen LogP contribution in [0.15, 0.2) is 36.4 Å². The van der Waals surface area contributed by atoms with Crippen molar-refractivity contribution in [2.24, 2.45) is 0 Å². The molecular formula is C22H28N2O2S. The summed E-state index contributed by atoms with van der Waals surface area (Å²) in [5.41, 5.74) is 2.00. The molecule has 1 fully saturated rings. The van der Waals surface area contributed by atoms with Gasteiger partial charge < -0.3 is 5.32 Å². The Bertz CT molecular complexity index is 779. The summed E-state index contributed by atoms with van der Waals surface area (Å²) in [6.07, 6.45) is 2.94. The smallest absolute Gasteiger partial charge is 0.220 e. The second-order valence-electron chi connectivity index (χ2n) is 7.22. The fraction of sp³-hybridized carbons (Fsp3) is 0.455. The number of nitrogens with zero attached hydrogens (tertiary/aromatic N) is 1. The summed E-state index contributed by atoms with van der Waals surface area (Å²) in [4.78, 5) is 29.3. The first-order valence-electron chi connectivity index (χ1n) is 9.70. The fourth-order valence-corrected chi connectivity index (χ4v) is 4.70. The number of nitrogens with one attached hydrogen (secondary N) is 1. The van der Waals surface area contributed by atoms with E-state index >= 15 is 0 Å². The van der Waals surface area contributed by atoms with E-state index in [0.717, 1.165) is 28.4 Å². The summed E-state index contributed by atoms with van der Waals surface area (Å²) in [7, 11) is 0. The van der Waals surface area contributed by atoms with E-state index < -0.39 is 0 Å². The number of amides is 1. The van der Waals surface area contributed by atoms with Gasteiger partial charge in [0.25, 0.3) is 0 Å². The van der Waals surface area contributed by atoms with Crippen molar-refractivity contribution < 1.29 is 9.59 Å². The number of hydrogen-bond acceptors (Lipinski definition) is 4. The highest BCUT2D eigenvalue weighted by Crippen LogP contribution is 2.25. The maximum atomic E-state index is 12.4. The van der Waals surface area contributed by atoms with E-state index in [2.05, 4.69) is 22.3 Å². The van der Waals surface area contributed by atoms with Crippen LogP contribution in [0.25, 0.3) is 0 Å². The van der Waals surface area contributed by atoms with E-state index in [1.807, 2.05) is 38.1 Å². The lowest BCUT2D eigenvalue weighted by molar-refractivity contribution is -0.121. The highest BCUT2D eigenvalue weighted by atomic mass is 32.1. The van der Waals surface area contributed by atoms with Gasteiger partial charge in [-0.2, -0.15) is 0 Å². The van der Waals surface area contributed by atoms with Crippen molar-refractivity contribution in [1.29, 1.82) is 0 Å². The monoisotopic (exact) mass is 384 g/mol. The number of Topliss-reactive ketones (excluding diaryl/α,β-unsaturated/α-hetero) is 1. The Kier molecular flexibility index (Phi) is 6.80. The van der Waals surface area contributed by atoms with Crippen LogP contribution >= 0.6 is 11.3 Å². The number of carbonyl (C=O) groups excluding carboxylic acids is 2. The molecule has 2 aromatic rings. The molecule has 0 spiro atoms. The summed E-state index contributed by atoms with van der Waals surface area (Å²) in [6, 6.07) is 12.5. The predicted octanol–water partition coefficient (Wildman–Crippen LogP) is 4.28. The molecule has 1 N–H and O–H groups in total. The zero-order valence-electron chi connectivity index (χ0n) is 16.2. The van der Waals surface area contributed by atoms with Crippen molar-refractivity contribution in [2.45, 2.75) is 45.6 Å². The Morgan fingerprint density at radius 1 is 1.11 bits per heavy atom. The van der Waals surface area contributed by atoms with Gasteiger partial charge in [-0.25, -0.2) is 0 Å². The van der Waals surface area contributed by atoms with Crippen LogP contribution in [-0.4, -0.2) is 36.2 Å². The average Bonchev–Trinajstić information content (AvgIpc) is 3.30. The number of aryl methyl sites for hydroxylation is 2. The number of ketones is 1. The predicted molar refractivity (Wildman–Crippen MR) is 110 cm³/mol. The minimum absolute atomic E-state index is 0.0481. The Labute approximate surface area is 165 Å². The largest absolute Gasteiger partial charge is 0.354 e. The molecule has 2 heterocycles. The van der Waals surface area contributed by atoms with Crippen LogP contribution in [0.4, 0.5) is 0 Å². The van der Waals surface area contributed by atoms with Gasteiger partial charge in [0.1, 0.15) is 0 Å². The molecule has 1 aromatic heterocycles. The van der Waals surface area contributed by atoms with Crippen LogP contribution in [0.2, 0.25) is 0 Å². The molecule has 0 aliphatic carbocycles. The molecule has 1 saturated heterocycles. The van der Waals surface area contributed by atoms with Gasteiger partial charge in [-0.15, -0.1) is 11.3 Å². The van der Waals surface area contributed by atoms with Gasteiger partial charge in [0.2, 0.25) is 5.91 Å². The van der Waals surface area contributed by atoms with Gasteiger partial charge >= 0.3 is 0 Å². The van der Waals surface area contributed by atoms with Crippen LogP contribution in [0.1, 0.15) is 57.4 Å². The highest BCUT2D eigenvalue weighted by molar-refractivity contribution is 7.12. The lowest BCUT2D eigenvalue weighted by Gasteiger charge is -2.28. The first-order chi connectivity index (χ1) is 13.0. The Balaban J connectivity index is 1.53. The highest BCUT2D eigenvalue weighted by Gasteiger charge is 2.24. The van der Waals surface area contributed by atoms with Crippen molar-refractivity contribution >= 4 is 23.0 Å². The van der Waals surface area contributed by atoms with Gasteiger partial charge in [0.05, 0.1) is 6.04 Å². The van der Waals surface area contributed by atoms with Crippen LogP contribution in [0.3, 0.4) is 0 Å². The molecule has 27 heavy (non-hydrogen) atoms. The van der Waals surface area contributed by atoms with Gasteiger partial charge in [-0.3, -0.25) is 14.5 Å². The van der Waals surface area contributed by atoms with Crippen LogP contribution in [0.5, 0.6) is 0 Å². The van der Waals surface area contributed by atoms with Crippen molar-refractivity contribution in [3.05, 3.63) is 57.3 Å². The first-order valence-corrected chi connectivity index (χ1v) is 10.5. The number of carbonyl (C=O) groups is 2. The van der Waals surface area contributed by atoms with Gasteiger partial charge in [0, 0.05) is 34.7 Å². The van der Waals surface area contributed by atoms with Crippen LogP contribution in [0, 0.1) is 13.8 Å². The Morgan fingerprint density at radius 2 is 1.81 bits per heavy atom. The lowest BCUT2D eigenvalue weighted by Crippen LogP contribution is -2.36. The Hall–Kier alpha value is -1.98. The third-order valence-electron chi connectivity index (χ3n) is 5.18. The zero-order valence-corrected chi connectivity index (χ0v) is 17.0. The molecule has 0 bridgehead atoms. The molecule has 1 aliphatic rings.